The summed E-state index contributed by atoms with van der Waals surface area (Å²) in [5.74, 6) is -1.50. The molecule has 0 bridgehead atoms. The number of amides is 2. The fourth-order valence-corrected chi connectivity index (χ4v) is 4.33. The molecular formula is C27H27N3O4. The first-order valence-corrected chi connectivity index (χ1v) is 11.0. The topological polar surface area (TPSA) is 114 Å². The second kappa shape index (κ2) is 9.91. The summed E-state index contributed by atoms with van der Waals surface area (Å²) in [5, 5.41) is 16.2. The maximum absolute atomic E-state index is 12.5. The Morgan fingerprint density at radius 3 is 1.76 bits per heavy atom. The van der Waals surface area contributed by atoms with Crippen LogP contribution in [0.25, 0.3) is 0 Å². The first-order valence-electron chi connectivity index (χ1n) is 11.0. The van der Waals surface area contributed by atoms with Crippen LogP contribution in [0.2, 0.25) is 0 Å². The van der Waals surface area contributed by atoms with Crippen LogP contribution >= 0.6 is 0 Å². The Hall–Kier alpha value is -3.94. The van der Waals surface area contributed by atoms with Crippen molar-refractivity contribution in [1.82, 2.24) is 10.6 Å². The number of ether oxygens (including phenoxy) is 1. The van der Waals surface area contributed by atoms with Crippen LogP contribution in [-0.4, -0.2) is 35.2 Å². The van der Waals surface area contributed by atoms with Gasteiger partial charge in [-0.25, -0.2) is 0 Å². The van der Waals surface area contributed by atoms with E-state index in [1.165, 1.54) is 12.4 Å². The number of rotatable bonds is 9. The first kappa shape index (κ1) is 23.2. The van der Waals surface area contributed by atoms with Crippen LogP contribution in [0.15, 0.2) is 103 Å². The van der Waals surface area contributed by atoms with Gasteiger partial charge in [-0.15, -0.1) is 0 Å². The lowest BCUT2D eigenvalue weighted by molar-refractivity contribution is -0.139. The predicted octanol–water partition coefficient (Wildman–Crippen LogP) is 2.16. The lowest BCUT2D eigenvalue weighted by Crippen LogP contribution is -2.65. The highest BCUT2D eigenvalue weighted by molar-refractivity contribution is 6.10. The molecule has 34 heavy (non-hydrogen) atoms. The summed E-state index contributed by atoms with van der Waals surface area (Å²) in [7, 11) is 0. The monoisotopic (exact) mass is 457 g/mol. The lowest BCUT2D eigenvalue weighted by atomic mass is 9.80. The van der Waals surface area contributed by atoms with Gasteiger partial charge in [0.2, 0.25) is 0 Å². The second-order valence-electron chi connectivity index (χ2n) is 8.17. The molecule has 5 N–H and O–H groups in total. The highest BCUT2D eigenvalue weighted by atomic mass is 16.5. The summed E-state index contributed by atoms with van der Waals surface area (Å²) in [6, 6.07) is 29.2. The number of nitrogens with two attached hydrogens (primary N) is 1. The van der Waals surface area contributed by atoms with Gasteiger partial charge >= 0.3 is 0 Å². The SMILES string of the molecule is NC(=O)C1(CC(O)COC(c2ccccc2)(c2ccccc2)c2ccccc2)NC=CNC1=O. The van der Waals surface area contributed by atoms with Gasteiger partial charge in [0, 0.05) is 18.8 Å². The Morgan fingerprint density at radius 2 is 1.35 bits per heavy atom. The van der Waals surface area contributed by atoms with Crippen molar-refractivity contribution < 1.29 is 19.4 Å². The van der Waals surface area contributed by atoms with E-state index in [2.05, 4.69) is 10.6 Å². The molecule has 4 rings (SSSR count). The molecule has 7 nitrogen and oxygen atoms in total. The van der Waals surface area contributed by atoms with E-state index in [0.717, 1.165) is 16.7 Å². The molecule has 0 saturated heterocycles. The molecule has 2 amide bonds. The fourth-order valence-electron chi connectivity index (χ4n) is 4.33. The number of carbonyl (C=O) groups is 2. The number of hydrogen-bond acceptors (Lipinski definition) is 5. The van der Waals surface area contributed by atoms with Crippen LogP contribution in [0.3, 0.4) is 0 Å². The van der Waals surface area contributed by atoms with Crippen LogP contribution in [0.5, 0.6) is 0 Å². The molecule has 1 heterocycles. The normalized spacial score (nSPS) is 18.6. The zero-order valence-corrected chi connectivity index (χ0v) is 18.6. The third-order valence-electron chi connectivity index (χ3n) is 6.01. The predicted molar refractivity (Wildman–Crippen MR) is 128 cm³/mol. The van der Waals surface area contributed by atoms with Gasteiger partial charge in [0.1, 0.15) is 5.60 Å². The first-order chi connectivity index (χ1) is 16.5. The summed E-state index contributed by atoms with van der Waals surface area (Å²) in [5.41, 5.74) is 5.37. The van der Waals surface area contributed by atoms with E-state index in [1.54, 1.807) is 0 Å². The molecule has 2 atom stereocenters. The van der Waals surface area contributed by atoms with Crippen molar-refractivity contribution >= 4 is 11.8 Å². The molecule has 0 aliphatic carbocycles. The molecule has 0 spiro atoms. The van der Waals surface area contributed by atoms with Gasteiger partial charge in [-0.2, -0.15) is 0 Å². The molecule has 1 aliphatic rings. The fraction of sp³-hybridized carbons (Fsp3) is 0.185. The maximum Gasteiger partial charge on any atom is 0.259 e. The van der Waals surface area contributed by atoms with Gasteiger partial charge in [0.05, 0.1) is 12.7 Å². The Bertz CT molecular complexity index is 1060. The molecule has 0 fully saturated rings. The van der Waals surface area contributed by atoms with Crippen molar-refractivity contribution in [2.45, 2.75) is 23.7 Å². The van der Waals surface area contributed by atoms with Crippen molar-refractivity contribution in [3.8, 4) is 0 Å². The zero-order valence-electron chi connectivity index (χ0n) is 18.6. The van der Waals surface area contributed by atoms with Gasteiger partial charge in [-0.1, -0.05) is 91.0 Å². The van der Waals surface area contributed by atoms with E-state index >= 15 is 0 Å². The number of aliphatic hydroxyl groups excluding tert-OH is 1. The minimum atomic E-state index is -1.77. The van der Waals surface area contributed by atoms with Crippen molar-refractivity contribution in [3.63, 3.8) is 0 Å². The van der Waals surface area contributed by atoms with Crippen LogP contribution < -0.4 is 16.4 Å². The van der Waals surface area contributed by atoms with Gasteiger partial charge in [0.25, 0.3) is 11.8 Å². The standard InChI is InChI=1S/C27H27N3O4/c28-24(32)26(25(33)29-16-17-30-26)18-23(31)19-34-27(20-10-4-1-5-11-20,21-12-6-2-7-13-21)22-14-8-3-9-15-22/h1-17,23,30-31H,18-19H2,(H2,28,32)(H,29,33). The number of hydrogen-bond donors (Lipinski definition) is 4. The summed E-state index contributed by atoms with van der Waals surface area (Å²) >= 11 is 0. The van der Waals surface area contributed by atoms with Crippen molar-refractivity contribution in [2.24, 2.45) is 5.73 Å². The molecule has 7 heteroatoms. The Balaban J connectivity index is 1.72. The maximum atomic E-state index is 12.5. The van der Waals surface area contributed by atoms with E-state index in [1.807, 2.05) is 91.0 Å². The van der Waals surface area contributed by atoms with Gasteiger partial charge in [-0.05, 0) is 16.7 Å². The molecule has 1 aliphatic heterocycles. The average molecular weight is 458 g/mol. The number of carbonyl (C=O) groups excluding carboxylic acids is 2. The third-order valence-corrected chi connectivity index (χ3v) is 6.01. The van der Waals surface area contributed by atoms with E-state index in [0.29, 0.717) is 0 Å². The third kappa shape index (κ3) is 4.31. The Kier molecular flexibility index (Phi) is 6.77. The molecule has 2 unspecified atom stereocenters. The van der Waals surface area contributed by atoms with Crippen LogP contribution in [0.4, 0.5) is 0 Å². The number of nitrogens with one attached hydrogen (secondary N) is 2. The molecular weight excluding hydrogens is 430 g/mol. The highest BCUT2D eigenvalue weighted by Gasteiger charge is 2.47. The Labute approximate surface area is 198 Å². The molecule has 0 saturated carbocycles. The summed E-state index contributed by atoms with van der Waals surface area (Å²) in [6.07, 6.45) is 1.36. The Morgan fingerprint density at radius 1 is 0.882 bits per heavy atom. The largest absolute Gasteiger partial charge is 0.391 e. The molecule has 0 radical (unpaired) electrons. The number of benzene rings is 3. The van der Waals surface area contributed by atoms with E-state index in [9.17, 15) is 14.7 Å². The van der Waals surface area contributed by atoms with E-state index in [-0.39, 0.29) is 13.0 Å². The number of aliphatic hydroxyl groups is 1. The molecule has 3 aromatic rings. The van der Waals surface area contributed by atoms with E-state index < -0.39 is 29.1 Å². The van der Waals surface area contributed by atoms with Crippen LogP contribution in [0.1, 0.15) is 23.1 Å². The minimum Gasteiger partial charge on any atom is -0.391 e. The molecule has 174 valence electrons. The summed E-state index contributed by atoms with van der Waals surface area (Å²) < 4.78 is 6.57. The van der Waals surface area contributed by atoms with Crippen LogP contribution in [-0.2, 0) is 19.9 Å². The molecule has 3 aromatic carbocycles. The zero-order chi connectivity index (χ0) is 24.0. The minimum absolute atomic E-state index is 0.160. The highest BCUT2D eigenvalue weighted by Crippen LogP contribution is 2.40. The number of primary amides is 1. The van der Waals surface area contributed by atoms with Crippen molar-refractivity contribution in [1.29, 1.82) is 0 Å². The van der Waals surface area contributed by atoms with Crippen LogP contribution in [0, 0.1) is 0 Å². The van der Waals surface area contributed by atoms with Gasteiger partial charge in [-0.3, -0.25) is 9.59 Å². The van der Waals surface area contributed by atoms with Crippen molar-refractivity contribution in [3.05, 3.63) is 120 Å². The summed E-state index contributed by atoms with van der Waals surface area (Å²) in [6.45, 7) is -0.160. The van der Waals surface area contributed by atoms with E-state index in [4.69, 9.17) is 10.5 Å². The summed E-state index contributed by atoms with van der Waals surface area (Å²) in [4.78, 5) is 24.7. The average Bonchev–Trinajstić information content (AvgIpc) is 2.88. The van der Waals surface area contributed by atoms with Crippen molar-refractivity contribution in [2.75, 3.05) is 6.61 Å². The second-order valence-corrected chi connectivity index (χ2v) is 8.17. The quantitative estimate of drug-likeness (QED) is 0.291. The smallest absolute Gasteiger partial charge is 0.259 e. The van der Waals surface area contributed by atoms with Gasteiger partial charge in [0.15, 0.2) is 5.54 Å². The van der Waals surface area contributed by atoms with Gasteiger partial charge < -0.3 is 26.2 Å². The molecule has 0 aromatic heterocycles. The lowest BCUT2D eigenvalue weighted by Gasteiger charge is -2.38.